The number of aromatic carboxylic acids is 1. The summed E-state index contributed by atoms with van der Waals surface area (Å²) in [7, 11) is 0. The van der Waals surface area contributed by atoms with E-state index in [9.17, 15) is 27.5 Å². The number of carboxylic acid groups (broad SMARTS) is 1. The van der Waals surface area contributed by atoms with E-state index in [1.54, 1.807) is 0 Å². The Morgan fingerprint density at radius 3 is 2.38 bits per heavy atom. The van der Waals surface area contributed by atoms with E-state index in [-0.39, 0.29) is 22.5 Å². The second-order valence-corrected chi connectivity index (χ2v) is 7.38. The number of halogens is 5. The normalized spacial score (nSPS) is 10.8. The highest BCUT2D eigenvalue weighted by Gasteiger charge is 2.24. The zero-order chi connectivity index (χ0) is 21.3. The highest BCUT2D eigenvalue weighted by atomic mass is 127. The fraction of sp³-hybridized carbons (Fsp3) is 0.0500. The molecule has 0 fully saturated rings. The number of nitrogens with two attached hydrogens (primary N) is 1. The van der Waals surface area contributed by atoms with Crippen LogP contribution >= 0.6 is 22.6 Å². The minimum Gasteiger partial charge on any atom is -0.478 e. The van der Waals surface area contributed by atoms with Gasteiger partial charge in [-0.3, -0.25) is 0 Å². The molecule has 0 saturated heterocycles. The van der Waals surface area contributed by atoms with E-state index in [1.165, 1.54) is 30.3 Å². The number of hydrogen-bond donors (Lipinski definition) is 3. The lowest BCUT2D eigenvalue weighted by molar-refractivity contribution is 0.0697. The van der Waals surface area contributed by atoms with Crippen molar-refractivity contribution in [3.8, 4) is 0 Å². The Labute approximate surface area is 176 Å². The minimum absolute atomic E-state index is 0.0240. The van der Waals surface area contributed by atoms with Crippen LogP contribution in [0.2, 0.25) is 0 Å². The molecular weight excluding hydrogens is 503 g/mol. The van der Waals surface area contributed by atoms with Crippen molar-refractivity contribution in [2.45, 2.75) is 6.42 Å². The lowest BCUT2D eigenvalue weighted by atomic mass is 9.99. The first-order chi connectivity index (χ1) is 13.7. The molecule has 0 bridgehead atoms. The van der Waals surface area contributed by atoms with Crippen molar-refractivity contribution in [3.05, 3.63) is 86.0 Å². The minimum atomic E-state index is -1.56. The number of benzene rings is 3. The molecule has 0 atom stereocenters. The number of nitrogens with one attached hydrogen (secondary N) is 1. The Morgan fingerprint density at radius 2 is 1.72 bits per heavy atom. The van der Waals surface area contributed by atoms with Crippen LogP contribution in [0, 0.1) is 26.8 Å². The smallest absolute Gasteiger partial charge is 0.337 e. The van der Waals surface area contributed by atoms with E-state index >= 15 is 0 Å². The zero-order valence-corrected chi connectivity index (χ0v) is 16.7. The van der Waals surface area contributed by atoms with Gasteiger partial charge in [-0.15, -0.1) is 0 Å². The molecule has 0 spiro atoms. The van der Waals surface area contributed by atoms with E-state index in [1.807, 2.05) is 22.6 Å². The van der Waals surface area contributed by atoms with Crippen molar-refractivity contribution >= 4 is 45.6 Å². The monoisotopic (exact) mass is 516 g/mol. The van der Waals surface area contributed by atoms with Gasteiger partial charge >= 0.3 is 5.97 Å². The molecule has 0 unspecified atom stereocenters. The topological polar surface area (TPSA) is 75.4 Å². The van der Waals surface area contributed by atoms with Crippen molar-refractivity contribution in [1.29, 1.82) is 0 Å². The zero-order valence-electron chi connectivity index (χ0n) is 14.6. The third-order valence-corrected chi connectivity index (χ3v) is 4.86. The molecule has 3 aromatic rings. The Hall–Kier alpha value is -2.82. The Kier molecular flexibility index (Phi) is 5.96. The lowest BCUT2D eigenvalue weighted by Crippen LogP contribution is -2.11. The summed E-state index contributed by atoms with van der Waals surface area (Å²) in [6.07, 6.45) is -0.419. The highest BCUT2D eigenvalue weighted by Crippen LogP contribution is 2.32. The van der Waals surface area contributed by atoms with Crippen LogP contribution in [0.25, 0.3) is 0 Å². The number of anilines is 3. The summed E-state index contributed by atoms with van der Waals surface area (Å²) >= 11 is 1.87. The van der Waals surface area contributed by atoms with E-state index in [0.29, 0.717) is 3.57 Å². The van der Waals surface area contributed by atoms with Crippen LogP contribution in [0.5, 0.6) is 0 Å². The summed E-state index contributed by atoms with van der Waals surface area (Å²) in [6, 6.07) is 8.89. The van der Waals surface area contributed by atoms with Crippen LogP contribution in [0.3, 0.4) is 0 Å². The van der Waals surface area contributed by atoms with Gasteiger partial charge in [0, 0.05) is 9.99 Å². The molecule has 0 amide bonds. The maximum Gasteiger partial charge on any atom is 0.337 e. The van der Waals surface area contributed by atoms with Gasteiger partial charge in [-0.25, -0.2) is 22.4 Å². The maximum absolute atomic E-state index is 14.7. The molecule has 0 heterocycles. The van der Waals surface area contributed by atoms with Gasteiger partial charge < -0.3 is 16.2 Å². The number of carboxylic acids is 1. The van der Waals surface area contributed by atoms with Crippen molar-refractivity contribution in [2.75, 3.05) is 11.1 Å². The first kappa shape index (κ1) is 20.9. The summed E-state index contributed by atoms with van der Waals surface area (Å²) < 4.78 is 58.1. The van der Waals surface area contributed by atoms with Gasteiger partial charge in [0.15, 0.2) is 11.6 Å². The summed E-state index contributed by atoms with van der Waals surface area (Å²) in [4.78, 5) is 11.6. The largest absolute Gasteiger partial charge is 0.478 e. The third-order valence-electron chi connectivity index (χ3n) is 4.19. The van der Waals surface area contributed by atoms with Crippen molar-refractivity contribution < 1.29 is 27.5 Å². The van der Waals surface area contributed by atoms with Crippen LogP contribution in [0.4, 0.5) is 34.6 Å². The maximum atomic E-state index is 14.7. The summed E-state index contributed by atoms with van der Waals surface area (Å²) in [6.45, 7) is 0. The molecular formula is C20H13F4IN2O2. The van der Waals surface area contributed by atoms with E-state index in [4.69, 9.17) is 5.73 Å². The Morgan fingerprint density at radius 1 is 1.00 bits per heavy atom. The van der Waals surface area contributed by atoms with Crippen molar-refractivity contribution in [2.24, 2.45) is 0 Å². The van der Waals surface area contributed by atoms with Gasteiger partial charge in [0.05, 0.1) is 22.6 Å². The van der Waals surface area contributed by atoms with Crippen molar-refractivity contribution in [3.63, 3.8) is 0 Å². The molecule has 9 heteroatoms. The predicted octanol–water partition coefficient (Wildman–Crippen LogP) is 5.46. The van der Waals surface area contributed by atoms with Crippen LogP contribution < -0.4 is 11.1 Å². The van der Waals surface area contributed by atoms with E-state index < -0.39 is 46.9 Å². The van der Waals surface area contributed by atoms with Gasteiger partial charge in [0.25, 0.3) is 0 Å². The number of carbonyl (C=O) groups is 1. The first-order valence-corrected chi connectivity index (χ1v) is 9.26. The molecule has 0 aliphatic heterocycles. The quantitative estimate of drug-likeness (QED) is 0.239. The Balaban J connectivity index is 2.08. The fourth-order valence-corrected chi connectivity index (χ4v) is 3.22. The van der Waals surface area contributed by atoms with Crippen molar-refractivity contribution in [1.82, 2.24) is 0 Å². The average Bonchev–Trinajstić information content (AvgIpc) is 2.66. The summed E-state index contributed by atoms with van der Waals surface area (Å²) in [5.41, 5.74) is 3.32. The molecule has 29 heavy (non-hydrogen) atoms. The number of rotatable bonds is 5. The number of hydrogen-bond acceptors (Lipinski definition) is 3. The van der Waals surface area contributed by atoms with E-state index in [2.05, 4.69) is 5.32 Å². The average molecular weight is 516 g/mol. The summed E-state index contributed by atoms with van der Waals surface area (Å²) in [5.74, 6) is -6.01. The molecule has 4 N–H and O–H groups in total. The van der Waals surface area contributed by atoms with Crippen LogP contribution in [-0.4, -0.2) is 11.1 Å². The highest BCUT2D eigenvalue weighted by molar-refractivity contribution is 14.1. The predicted molar refractivity (Wildman–Crippen MR) is 109 cm³/mol. The van der Waals surface area contributed by atoms with Crippen LogP contribution in [0.1, 0.15) is 21.5 Å². The molecule has 0 aliphatic rings. The second kappa shape index (κ2) is 8.27. The molecule has 0 aliphatic carbocycles. The van der Waals surface area contributed by atoms with Gasteiger partial charge in [-0.05, 0) is 64.0 Å². The molecule has 3 rings (SSSR count). The van der Waals surface area contributed by atoms with Gasteiger partial charge in [0.1, 0.15) is 11.6 Å². The molecule has 0 radical (unpaired) electrons. The molecule has 3 aromatic carbocycles. The van der Waals surface area contributed by atoms with Gasteiger partial charge in [-0.1, -0.05) is 12.1 Å². The molecule has 0 aromatic heterocycles. The fourth-order valence-electron chi connectivity index (χ4n) is 2.77. The third kappa shape index (κ3) is 4.29. The summed E-state index contributed by atoms with van der Waals surface area (Å²) in [5, 5.41) is 11.7. The van der Waals surface area contributed by atoms with Crippen LogP contribution in [-0.2, 0) is 6.42 Å². The van der Waals surface area contributed by atoms with E-state index in [0.717, 1.165) is 12.1 Å². The van der Waals surface area contributed by atoms with Gasteiger partial charge in [0.2, 0.25) is 0 Å². The molecule has 150 valence electrons. The molecule has 4 nitrogen and oxygen atoms in total. The van der Waals surface area contributed by atoms with Crippen LogP contribution in [0.15, 0.2) is 42.5 Å². The molecule has 0 saturated carbocycles. The Bertz CT molecular complexity index is 1120. The number of nitrogen functional groups attached to an aromatic ring is 1. The first-order valence-electron chi connectivity index (χ1n) is 8.18. The standard InChI is InChI=1S/C20H13F4IN2O2/c21-13-8-11(25)4-5-15(13)27-19-12(20(28)29)7-10(17(23)18(19)24)6-9-2-1-3-14(26)16(9)22/h1-5,7-8,27H,6,26H2,(H,28,29). The lowest BCUT2D eigenvalue weighted by Gasteiger charge is -2.15. The second-order valence-electron chi connectivity index (χ2n) is 6.14. The SMILES string of the molecule is Nc1cccc(Cc2cc(C(=O)O)c(Nc3ccc(I)cc3F)c(F)c2F)c1F. The van der Waals surface area contributed by atoms with Gasteiger partial charge in [-0.2, -0.15) is 0 Å².